The highest BCUT2D eigenvalue weighted by molar-refractivity contribution is 7.92. The van der Waals surface area contributed by atoms with E-state index in [-0.39, 0.29) is 22.8 Å². The van der Waals surface area contributed by atoms with Crippen molar-refractivity contribution in [2.45, 2.75) is 69.4 Å². The van der Waals surface area contributed by atoms with E-state index in [4.69, 9.17) is 0 Å². The number of carbonyl (C=O) groups is 2. The van der Waals surface area contributed by atoms with Crippen LogP contribution in [-0.4, -0.2) is 43.8 Å². The molecule has 1 saturated carbocycles. The first kappa shape index (κ1) is 23.3. The standard InChI is InChI=1S/C25H31N3O4S/c1-17-12-13-22(15-18(17)2)33(31,32)27-21-10-5-7-19(16-21)25(30)28-14-6-11-23(28)24(29)26-20-8-3-4-9-20/h5,7,10,12-13,15-16,20,23,27H,3-4,6,8-9,11,14H2,1-2H3,(H,26,29). The summed E-state index contributed by atoms with van der Waals surface area (Å²) in [5.74, 6) is -0.342. The van der Waals surface area contributed by atoms with Crippen LogP contribution in [0.15, 0.2) is 47.4 Å². The van der Waals surface area contributed by atoms with Gasteiger partial charge in [0.1, 0.15) is 6.04 Å². The molecule has 0 bridgehead atoms. The third kappa shape index (κ3) is 5.21. The van der Waals surface area contributed by atoms with Crippen molar-refractivity contribution in [3.8, 4) is 0 Å². The van der Waals surface area contributed by atoms with Crippen molar-refractivity contribution < 1.29 is 18.0 Å². The Morgan fingerprint density at radius 2 is 1.70 bits per heavy atom. The Hall–Kier alpha value is -2.87. The highest BCUT2D eigenvalue weighted by Crippen LogP contribution is 2.25. The first-order valence-electron chi connectivity index (χ1n) is 11.6. The molecule has 1 atom stereocenters. The molecule has 0 spiro atoms. The molecule has 1 unspecified atom stereocenters. The average Bonchev–Trinajstić information content (AvgIpc) is 3.47. The molecule has 33 heavy (non-hydrogen) atoms. The molecule has 2 aromatic rings. The van der Waals surface area contributed by atoms with E-state index in [0.29, 0.717) is 24.2 Å². The van der Waals surface area contributed by atoms with E-state index < -0.39 is 16.1 Å². The summed E-state index contributed by atoms with van der Waals surface area (Å²) in [4.78, 5) is 27.8. The number of benzene rings is 2. The Kier molecular flexibility index (Phi) is 6.74. The van der Waals surface area contributed by atoms with Gasteiger partial charge in [0.05, 0.1) is 4.90 Å². The molecule has 1 heterocycles. The highest BCUT2D eigenvalue weighted by atomic mass is 32.2. The lowest BCUT2D eigenvalue weighted by Crippen LogP contribution is -2.48. The van der Waals surface area contributed by atoms with E-state index >= 15 is 0 Å². The van der Waals surface area contributed by atoms with Crippen LogP contribution in [0, 0.1) is 13.8 Å². The van der Waals surface area contributed by atoms with Gasteiger partial charge in [-0.2, -0.15) is 0 Å². The predicted octanol–water partition coefficient (Wildman–Crippen LogP) is 3.77. The first-order chi connectivity index (χ1) is 15.7. The topological polar surface area (TPSA) is 95.6 Å². The Bertz CT molecular complexity index is 1160. The quantitative estimate of drug-likeness (QED) is 0.673. The monoisotopic (exact) mass is 469 g/mol. The van der Waals surface area contributed by atoms with Gasteiger partial charge in [-0.3, -0.25) is 14.3 Å². The molecule has 2 N–H and O–H groups in total. The van der Waals surface area contributed by atoms with Gasteiger partial charge in [0.15, 0.2) is 0 Å². The minimum Gasteiger partial charge on any atom is -0.352 e. The Balaban J connectivity index is 1.49. The van der Waals surface area contributed by atoms with E-state index in [9.17, 15) is 18.0 Å². The van der Waals surface area contributed by atoms with E-state index in [2.05, 4.69) is 10.0 Å². The van der Waals surface area contributed by atoms with E-state index in [1.807, 2.05) is 13.8 Å². The zero-order chi connectivity index (χ0) is 23.6. The van der Waals surface area contributed by atoms with Gasteiger partial charge >= 0.3 is 0 Å². The van der Waals surface area contributed by atoms with Crippen LogP contribution in [0.1, 0.15) is 60.0 Å². The summed E-state index contributed by atoms with van der Waals surface area (Å²) in [6.45, 7) is 4.30. The van der Waals surface area contributed by atoms with E-state index in [1.165, 1.54) is 6.07 Å². The molecule has 2 aromatic carbocycles. The minimum absolute atomic E-state index is 0.0839. The van der Waals surface area contributed by atoms with E-state index in [1.54, 1.807) is 41.3 Å². The SMILES string of the molecule is Cc1ccc(S(=O)(=O)Nc2cccc(C(=O)N3CCCC3C(=O)NC3CCCC3)c2)cc1C. The molecule has 2 fully saturated rings. The Morgan fingerprint density at radius 3 is 2.42 bits per heavy atom. The number of likely N-dealkylation sites (tertiary alicyclic amines) is 1. The lowest BCUT2D eigenvalue weighted by molar-refractivity contribution is -0.125. The highest BCUT2D eigenvalue weighted by Gasteiger charge is 2.35. The number of carbonyl (C=O) groups excluding carboxylic acids is 2. The van der Waals surface area contributed by atoms with Crippen molar-refractivity contribution in [1.82, 2.24) is 10.2 Å². The molecule has 1 aliphatic carbocycles. The lowest BCUT2D eigenvalue weighted by atomic mass is 10.1. The summed E-state index contributed by atoms with van der Waals surface area (Å²) in [5, 5.41) is 3.10. The van der Waals surface area contributed by atoms with Gasteiger partial charge in [-0.1, -0.05) is 25.0 Å². The van der Waals surface area contributed by atoms with Gasteiger partial charge in [0.2, 0.25) is 5.91 Å². The van der Waals surface area contributed by atoms with Crippen LogP contribution in [0.2, 0.25) is 0 Å². The maximum absolute atomic E-state index is 13.2. The number of aryl methyl sites for hydroxylation is 2. The van der Waals surface area contributed by atoms with Gasteiger partial charge in [-0.25, -0.2) is 8.42 Å². The largest absolute Gasteiger partial charge is 0.352 e. The summed E-state index contributed by atoms with van der Waals surface area (Å²) < 4.78 is 28.3. The molecule has 1 aliphatic heterocycles. The minimum atomic E-state index is -3.79. The van der Waals surface area contributed by atoms with Gasteiger partial charge in [-0.05, 0) is 81.0 Å². The van der Waals surface area contributed by atoms with E-state index in [0.717, 1.165) is 43.2 Å². The fourth-order valence-electron chi connectivity index (χ4n) is 4.63. The molecule has 7 nitrogen and oxygen atoms in total. The van der Waals surface area contributed by atoms with Crippen LogP contribution in [0.3, 0.4) is 0 Å². The molecule has 4 rings (SSSR count). The van der Waals surface area contributed by atoms with Crippen molar-refractivity contribution in [2.75, 3.05) is 11.3 Å². The third-order valence-corrected chi connectivity index (χ3v) is 8.05. The maximum Gasteiger partial charge on any atom is 0.261 e. The average molecular weight is 470 g/mol. The van der Waals surface area contributed by atoms with Crippen LogP contribution >= 0.6 is 0 Å². The number of nitrogens with zero attached hydrogens (tertiary/aromatic N) is 1. The summed E-state index contributed by atoms with van der Waals surface area (Å²) in [7, 11) is -3.79. The van der Waals surface area contributed by atoms with Crippen molar-refractivity contribution >= 4 is 27.5 Å². The number of hydrogen-bond donors (Lipinski definition) is 2. The Labute approximate surface area is 195 Å². The molecule has 2 aliphatic rings. The summed E-state index contributed by atoms with van der Waals surface area (Å²) in [6, 6.07) is 11.1. The number of hydrogen-bond acceptors (Lipinski definition) is 4. The van der Waals surface area contributed by atoms with Gasteiger partial charge < -0.3 is 10.2 Å². The van der Waals surface area contributed by atoms with Crippen LogP contribution in [0.25, 0.3) is 0 Å². The second-order valence-corrected chi connectivity index (χ2v) is 10.8. The van der Waals surface area contributed by atoms with Crippen LogP contribution in [-0.2, 0) is 14.8 Å². The summed E-state index contributed by atoms with van der Waals surface area (Å²) >= 11 is 0. The molecule has 0 aromatic heterocycles. The molecular weight excluding hydrogens is 438 g/mol. The number of amides is 2. The number of nitrogens with one attached hydrogen (secondary N) is 2. The fraction of sp³-hybridized carbons (Fsp3) is 0.440. The summed E-state index contributed by atoms with van der Waals surface area (Å²) in [6.07, 6.45) is 5.66. The fourth-order valence-corrected chi connectivity index (χ4v) is 5.76. The molecule has 8 heteroatoms. The molecule has 176 valence electrons. The van der Waals surface area contributed by atoms with Crippen LogP contribution in [0.4, 0.5) is 5.69 Å². The number of sulfonamides is 1. The second kappa shape index (κ2) is 9.55. The van der Waals surface area contributed by atoms with Gasteiger partial charge in [0, 0.05) is 23.8 Å². The maximum atomic E-state index is 13.2. The molecular formula is C25H31N3O4S. The van der Waals surface area contributed by atoms with Gasteiger partial charge in [-0.15, -0.1) is 0 Å². The third-order valence-electron chi connectivity index (χ3n) is 6.67. The van der Waals surface area contributed by atoms with Crippen molar-refractivity contribution in [1.29, 1.82) is 0 Å². The first-order valence-corrected chi connectivity index (χ1v) is 13.0. The summed E-state index contributed by atoms with van der Waals surface area (Å²) in [5.41, 5.74) is 2.57. The lowest BCUT2D eigenvalue weighted by Gasteiger charge is -2.25. The Morgan fingerprint density at radius 1 is 0.939 bits per heavy atom. The normalized spacial score (nSPS) is 19.0. The second-order valence-electron chi connectivity index (χ2n) is 9.08. The number of anilines is 1. The molecule has 1 saturated heterocycles. The predicted molar refractivity (Wildman–Crippen MR) is 128 cm³/mol. The van der Waals surface area contributed by atoms with Gasteiger partial charge in [0.25, 0.3) is 15.9 Å². The molecule has 2 amide bonds. The van der Waals surface area contributed by atoms with Crippen molar-refractivity contribution in [3.05, 3.63) is 59.2 Å². The zero-order valence-electron chi connectivity index (χ0n) is 19.1. The van der Waals surface area contributed by atoms with Crippen molar-refractivity contribution in [3.63, 3.8) is 0 Å². The van der Waals surface area contributed by atoms with Crippen molar-refractivity contribution in [2.24, 2.45) is 0 Å². The van der Waals surface area contributed by atoms with Crippen LogP contribution < -0.4 is 10.0 Å². The zero-order valence-corrected chi connectivity index (χ0v) is 20.0. The smallest absolute Gasteiger partial charge is 0.261 e. The molecule has 0 radical (unpaired) electrons. The van der Waals surface area contributed by atoms with Crippen LogP contribution in [0.5, 0.6) is 0 Å². The number of rotatable bonds is 6.